The van der Waals surface area contributed by atoms with Crippen molar-refractivity contribution in [3.63, 3.8) is 0 Å². The zero-order valence-corrected chi connectivity index (χ0v) is 12.2. The van der Waals surface area contributed by atoms with E-state index in [9.17, 15) is 5.11 Å². The van der Waals surface area contributed by atoms with Crippen LogP contribution in [0.1, 0.15) is 37.5 Å². The van der Waals surface area contributed by atoms with Crippen LogP contribution in [0.4, 0.5) is 0 Å². The molecule has 1 aliphatic rings. The summed E-state index contributed by atoms with van der Waals surface area (Å²) in [6.07, 6.45) is 0.761. The van der Waals surface area contributed by atoms with E-state index in [0.717, 1.165) is 31.6 Å². The van der Waals surface area contributed by atoms with Gasteiger partial charge < -0.3 is 9.84 Å². The second kappa shape index (κ2) is 6.36. The molecule has 1 aromatic carbocycles. The summed E-state index contributed by atoms with van der Waals surface area (Å²) < 4.78 is 5.81. The van der Waals surface area contributed by atoms with Crippen LogP contribution in [0.25, 0.3) is 0 Å². The molecule has 1 unspecified atom stereocenters. The van der Waals surface area contributed by atoms with E-state index in [1.165, 1.54) is 0 Å². The molecule has 0 saturated carbocycles. The van der Waals surface area contributed by atoms with Gasteiger partial charge in [-0.05, 0) is 38.0 Å². The first-order valence-electron chi connectivity index (χ1n) is 7.04. The van der Waals surface area contributed by atoms with E-state index >= 15 is 0 Å². The van der Waals surface area contributed by atoms with E-state index in [1.54, 1.807) is 6.07 Å². The van der Waals surface area contributed by atoms with Crippen LogP contribution < -0.4 is 0 Å². The van der Waals surface area contributed by atoms with Crippen molar-refractivity contribution in [1.29, 1.82) is 5.26 Å². The molecule has 0 aliphatic carbocycles. The lowest BCUT2D eigenvalue weighted by Gasteiger charge is -2.34. The number of ether oxygens (including phenoxy) is 1. The normalized spacial score (nSPS) is 20.6. The average Bonchev–Trinajstić information content (AvgIpc) is 2.45. The summed E-state index contributed by atoms with van der Waals surface area (Å²) in [5, 5.41) is 18.8. The molecule has 1 heterocycles. The van der Waals surface area contributed by atoms with Crippen molar-refractivity contribution in [3.8, 4) is 6.07 Å². The van der Waals surface area contributed by atoms with Gasteiger partial charge in [0.15, 0.2) is 0 Å². The van der Waals surface area contributed by atoms with Gasteiger partial charge >= 0.3 is 0 Å². The van der Waals surface area contributed by atoms with Crippen molar-refractivity contribution in [3.05, 3.63) is 35.4 Å². The molecule has 1 aromatic rings. The van der Waals surface area contributed by atoms with Gasteiger partial charge in [0.2, 0.25) is 0 Å². The first-order valence-corrected chi connectivity index (χ1v) is 7.04. The number of nitrogens with zero attached hydrogens (tertiary/aromatic N) is 2. The maximum Gasteiger partial charge on any atom is 0.0991 e. The Balaban J connectivity index is 1.98. The second-order valence-corrected chi connectivity index (χ2v) is 5.96. The van der Waals surface area contributed by atoms with Gasteiger partial charge in [-0.1, -0.05) is 12.1 Å². The van der Waals surface area contributed by atoms with Crippen LogP contribution >= 0.6 is 0 Å². The maximum atomic E-state index is 9.81. The van der Waals surface area contributed by atoms with Crippen molar-refractivity contribution in [2.45, 2.75) is 32.0 Å². The van der Waals surface area contributed by atoms with E-state index in [2.05, 4.69) is 11.0 Å². The third kappa shape index (κ3) is 4.31. The predicted octanol–water partition coefficient (Wildman–Crippen LogP) is 2.09. The summed E-state index contributed by atoms with van der Waals surface area (Å²) in [6, 6.07) is 9.76. The van der Waals surface area contributed by atoms with Crippen LogP contribution in [0.3, 0.4) is 0 Å². The van der Waals surface area contributed by atoms with E-state index in [0.29, 0.717) is 12.2 Å². The molecule has 20 heavy (non-hydrogen) atoms. The topological polar surface area (TPSA) is 56.5 Å². The molecule has 1 saturated heterocycles. The number of morpholine rings is 1. The Kier molecular flexibility index (Phi) is 4.77. The van der Waals surface area contributed by atoms with Crippen molar-refractivity contribution in [2.75, 3.05) is 26.2 Å². The van der Waals surface area contributed by atoms with Crippen molar-refractivity contribution < 1.29 is 9.84 Å². The van der Waals surface area contributed by atoms with Gasteiger partial charge in [-0.2, -0.15) is 5.26 Å². The first kappa shape index (κ1) is 15.0. The largest absolute Gasteiger partial charge is 0.390 e. The lowest BCUT2D eigenvalue weighted by atomic mass is 10.0. The number of hydrogen-bond donors (Lipinski definition) is 1. The van der Waals surface area contributed by atoms with Crippen LogP contribution in [0.2, 0.25) is 0 Å². The van der Waals surface area contributed by atoms with E-state index in [1.807, 2.05) is 32.0 Å². The molecule has 0 spiro atoms. The Morgan fingerprint density at radius 3 is 3.00 bits per heavy atom. The van der Waals surface area contributed by atoms with Crippen LogP contribution in [0.5, 0.6) is 0 Å². The van der Waals surface area contributed by atoms with Crippen LogP contribution in [-0.2, 0) is 4.74 Å². The lowest BCUT2D eigenvalue weighted by molar-refractivity contribution is -0.0382. The molecule has 1 atom stereocenters. The molecule has 0 radical (unpaired) electrons. The van der Waals surface area contributed by atoms with E-state index in [4.69, 9.17) is 10.00 Å². The molecule has 0 aromatic heterocycles. The Bertz CT molecular complexity index is 488. The molecular weight excluding hydrogens is 252 g/mol. The molecule has 0 bridgehead atoms. The Hall–Kier alpha value is -1.41. The zero-order valence-electron chi connectivity index (χ0n) is 12.2. The third-order valence-corrected chi connectivity index (χ3v) is 3.58. The quantitative estimate of drug-likeness (QED) is 0.913. The predicted molar refractivity (Wildman–Crippen MR) is 77.2 cm³/mol. The summed E-state index contributed by atoms with van der Waals surface area (Å²) in [4.78, 5) is 2.31. The highest BCUT2D eigenvalue weighted by Gasteiger charge is 2.23. The Morgan fingerprint density at radius 1 is 1.50 bits per heavy atom. The van der Waals surface area contributed by atoms with E-state index < -0.39 is 5.60 Å². The molecular formula is C16H22N2O2. The van der Waals surface area contributed by atoms with Crippen LogP contribution in [-0.4, -0.2) is 41.8 Å². The minimum absolute atomic E-state index is 0.0128. The minimum Gasteiger partial charge on any atom is -0.390 e. The average molecular weight is 274 g/mol. The van der Waals surface area contributed by atoms with Crippen molar-refractivity contribution in [1.82, 2.24) is 4.90 Å². The smallest absolute Gasteiger partial charge is 0.0991 e. The summed E-state index contributed by atoms with van der Waals surface area (Å²) >= 11 is 0. The zero-order chi connectivity index (χ0) is 14.6. The summed E-state index contributed by atoms with van der Waals surface area (Å²) in [6.45, 7) is 6.92. The highest BCUT2D eigenvalue weighted by molar-refractivity contribution is 5.34. The van der Waals surface area contributed by atoms with Crippen molar-refractivity contribution >= 4 is 0 Å². The fourth-order valence-electron chi connectivity index (χ4n) is 2.35. The van der Waals surface area contributed by atoms with Crippen LogP contribution in [0, 0.1) is 11.3 Å². The number of benzene rings is 1. The number of hydrogen-bond acceptors (Lipinski definition) is 4. The molecule has 2 rings (SSSR count). The van der Waals surface area contributed by atoms with Gasteiger partial charge in [-0.25, -0.2) is 0 Å². The third-order valence-electron chi connectivity index (χ3n) is 3.58. The highest BCUT2D eigenvalue weighted by atomic mass is 16.5. The second-order valence-electron chi connectivity index (χ2n) is 5.96. The fraction of sp³-hybridized carbons (Fsp3) is 0.562. The molecule has 1 N–H and O–H groups in total. The van der Waals surface area contributed by atoms with Gasteiger partial charge in [-0.3, -0.25) is 4.90 Å². The maximum absolute atomic E-state index is 9.81. The van der Waals surface area contributed by atoms with Crippen LogP contribution in [0.15, 0.2) is 24.3 Å². The number of aliphatic hydroxyl groups is 1. The van der Waals surface area contributed by atoms with E-state index in [-0.39, 0.29) is 6.10 Å². The molecule has 4 nitrogen and oxygen atoms in total. The number of rotatable bonds is 4. The van der Waals surface area contributed by atoms with Gasteiger partial charge in [0.25, 0.3) is 0 Å². The molecule has 0 amide bonds. The lowest BCUT2D eigenvalue weighted by Crippen LogP contribution is -2.40. The number of nitriles is 1. The first-order chi connectivity index (χ1) is 9.48. The van der Waals surface area contributed by atoms with Gasteiger partial charge in [0.1, 0.15) is 0 Å². The molecule has 1 fully saturated rings. The summed E-state index contributed by atoms with van der Waals surface area (Å²) in [7, 11) is 0. The van der Waals surface area contributed by atoms with Gasteiger partial charge in [0, 0.05) is 19.6 Å². The van der Waals surface area contributed by atoms with Gasteiger partial charge in [-0.15, -0.1) is 0 Å². The standard InChI is InChI=1S/C16H22N2O2/c1-16(2,19)6-7-18-8-9-20-15(12-18)14-5-3-4-13(10-14)11-17/h3-5,10,15,19H,6-9,12H2,1-2H3. The SMILES string of the molecule is CC(C)(O)CCN1CCOC(c2cccc(C#N)c2)C1. The Morgan fingerprint density at radius 2 is 2.30 bits per heavy atom. The highest BCUT2D eigenvalue weighted by Crippen LogP contribution is 2.23. The summed E-state index contributed by atoms with van der Waals surface area (Å²) in [5.41, 5.74) is 1.09. The molecule has 1 aliphatic heterocycles. The monoisotopic (exact) mass is 274 g/mol. The fourth-order valence-corrected chi connectivity index (χ4v) is 2.35. The minimum atomic E-state index is -0.630. The van der Waals surface area contributed by atoms with Gasteiger partial charge in [0.05, 0.1) is 29.9 Å². The molecule has 4 heteroatoms. The summed E-state index contributed by atoms with van der Waals surface area (Å²) in [5.74, 6) is 0. The van der Waals surface area contributed by atoms with Crippen molar-refractivity contribution in [2.24, 2.45) is 0 Å². The molecule has 108 valence electrons. The Labute approximate surface area is 120 Å².